The van der Waals surface area contributed by atoms with E-state index < -0.39 is 57.1 Å². The highest BCUT2D eigenvalue weighted by molar-refractivity contribution is 6.46. The third-order valence-corrected chi connectivity index (χ3v) is 12.9. The van der Waals surface area contributed by atoms with E-state index in [9.17, 15) is 28.7 Å². The fourth-order valence-electron chi connectivity index (χ4n) is 10.3. The molecule has 0 aromatic heterocycles. The number of fused-ring (bicyclic) bond motifs is 7. The number of ether oxygens (including phenoxy) is 1. The van der Waals surface area contributed by atoms with Crippen molar-refractivity contribution in [3.8, 4) is 0 Å². The molecular formula is C32H43FO6. The summed E-state index contributed by atoms with van der Waals surface area (Å²) in [5, 5.41) is 10.4. The van der Waals surface area contributed by atoms with E-state index >= 15 is 0 Å². The van der Waals surface area contributed by atoms with E-state index in [2.05, 4.69) is 27.7 Å². The number of esters is 1. The highest BCUT2D eigenvalue weighted by Crippen LogP contribution is 2.75. The van der Waals surface area contributed by atoms with E-state index in [4.69, 9.17) is 4.74 Å². The molecule has 39 heavy (non-hydrogen) atoms. The Morgan fingerprint density at radius 1 is 1.05 bits per heavy atom. The zero-order valence-corrected chi connectivity index (χ0v) is 24.4. The summed E-state index contributed by atoms with van der Waals surface area (Å²) in [6, 6.07) is 0. The molecule has 8 unspecified atom stereocenters. The van der Waals surface area contributed by atoms with Crippen LogP contribution in [0.15, 0.2) is 23.6 Å². The van der Waals surface area contributed by atoms with E-state index in [0.717, 1.165) is 12.8 Å². The number of allylic oxidation sites excluding steroid dienone is 3. The van der Waals surface area contributed by atoms with Gasteiger partial charge < -0.3 is 9.84 Å². The first-order valence-electron chi connectivity index (χ1n) is 14.4. The number of hydrogen-bond acceptors (Lipinski definition) is 6. The molecule has 5 aliphatic carbocycles. The van der Waals surface area contributed by atoms with Gasteiger partial charge in [0.15, 0.2) is 5.78 Å². The molecule has 6 nitrogen and oxygen atoms in total. The van der Waals surface area contributed by atoms with Crippen LogP contribution in [0.2, 0.25) is 0 Å². The summed E-state index contributed by atoms with van der Waals surface area (Å²) >= 11 is 0. The molecule has 8 atom stereocenters. The molecule has 0 aromatic rings. The van der Waals surface area contributed by atoms with Crippen LogP contribution in [-0.2, 0) is 23.9 Å². The van der Waals surface area contributed by atoms with Crippen molar-refractivity contribution in [2.75, 3.05) is 13.7 Å². The molecule has 0 aromatic carbocycles. The van der Waals surface area contributed by atoms with Gasteiger partial charge >= 0.3 is 5.97 Å². The third kappa shape index (κ3) is 3.23. The molecule has 5 rings (SSSR count). The highest BCUT2D eigenvalue weighted by Gasteiger charge is 2.73. The van der Waals surface area contributed by atoms with Crippen molar-refractivity contribution in [1.29, 1.82) is 0 Å². The third-order valence-electron chi connectivity index (χ3n) is 12.9. The lowest BCUT2D eigenvalue weighted by Gasteiger charge is -2.69. The number of Topliss-reactive ketones (excluding diaryl/α,β-unsaturated/α-hetero) is 2. The minimum Gasteiger partial charge on any atom is -0.469 e. The second-order valence-corrected chi connectivity index (χ2v) is 14.9. The summed E-state index contributed by atoms with van der Waals surface area (Å²) in [5.74, 6) is -3.13. The predicted molar refractivity (Wildman–Crippen MR) is 143 cm³/mol. The lowest BCUT2D eigenvalue weighted by atomic mass is 9.33. The second kappa shape index (κ2) is 8.43. The topological polar surface area (TPSA) is 97.7 Å². The molecule has 0 spiro atoms. The number of methoxy groups -OCH3 is 1. The summed E-state index contributed by atoms with van der Waals surface area (Å²) in [6.45, 7) is 11.5. The minimum atomic E-state index is -1.36. The van der Waals surface area contributed by atoms with Crippen LogP contribution < -0.4 is 0 Å². The largest absolute Gasteiger partial charge is 0.469 e. The molecule has 0 amide bonds. The molecule has 4 saturated carbocycles. The number of carbonyl (C=O) groups excluding carboxylic acids is 4. The van der Waals surface area contributed by atoms with Crippen LogP contribution in [0.5, 0.6) is 0 Å². The van der Waals surface area contributed by atoms with Crippen molar-refractivity contribution < 1.29 is 33.4 Å². The van der Waals surface area contributed by atoms with E-state index in [0.29, 0.717) is 37.7 Å². The zero-order valence-electron chi connectivity index (χ0n) is 24.4. The van der Waals surface area contributed by atoms with E-state index in [1.807, 2.05) is 0 Å². The van der Waals surface area contributed by atoms with E-state index in [1.54, 1.807) is 19.9 Å². The molecule has 4 fully saturated rings. The first kappa shape index (κ1) is 28.4. The minimum absolute atomic E-state index is 0.0293. The molecule has 214 valence electrons. The molecule has 0 saturated heterocycles. The van der Waals surface area contributed by atoms with Crippen LogP contribution in [-0.4, -0.2) is 42.1 Å². The SMILES string of the molecule is COC(=O)C12CCC(C)(C)CC1C1C(=O)C=C3C4(C)C(=CF)C(=O)C(=O)C(C)(CO)C4CCC3(C)C1(C)CC2. The van der Waals surface area contributed by atoms with Crippen molar-refractivity contribution >= 4 is 23.3 Å². The van der Waals surface area contributed by atoms with Gasteiger partial charge in [-0.25, -0.2) is 4.39 Å². The van der Waals surface area contributed by atoms with Gasteiger partial charge in [-0.1, -0.05) is 34.6 Å². The fraction of sp³-hybridized carbons (Fsp3) is 0.750. The lowest BCUT2D eigenvalue weighted by Crippen LogP contribution is -2.67. The number of rotatable bonds is 2. The maximum Gasteiger partial charge on any atom is 0.312 e. The van der Waals surface area contributed by atoms with Crippen molar-refractivity contribution in [3.05, 3.63) is 23.6 Å². The molecule has 0 bridgehead atoms. The first-order chi connectivity index (χ1) is 18.0. The summed E-state index contributed by atoms with van der Waals surface area (Å²) in [5.41, 5.74) is -3.95. The molecule has 0 heterocycles. The molecule has 5 aliphatic rings. The Bertz CT molecular complexity index is 1230. The van der Waals surface area contributed by atoms with Gasteiger partial charge in [0.2, 0.25) is 11.6 Å². The van der Waals surface area contributed by atoms with Gasteiger partial charge in [0.25, 0.3) is 0 Å². The van der Waals surface area contributed by atoms with Crippen LogP contribution in [0.3, 0.4) is 0 Å². The van der Waals surface area contributed by atoms with Gasteiger partial charge in [-0.3, -0.25) is 19.2 Å². The molecule has 1 N–H and O–H groups in total. The number of aliphatic hydroxyl groups is 1. The van der Waals surface area contributed by atoms with Crippen molar-refractivity contribution in [1.82, 2.24) is 0 Å². The Labute approximate surface area is 230 Å². The highest BCUT2D eigenvalue weighted by atomic mass is 19.1. The van der Waals surface area contributed by atoms with Gasteiger partial charge in [0.05, 0.1) is 30.9 Å². The summed E-state index contributed by atoms with van der Waals surface area (Å²) in [4.78, 5) is 54.2. The summed E-state index contributed by atoms with van der Waals surface area (Å²) < 4.78 is 20.0. The number of carbonyl (C=O) groups is 4. The quantitative estimate of drug-likeness (QED) is 0.288. The zero-order chi connectivity index (χ0) is 29.0. The fourth-order valence-corrected chi connectivity index (χ4v) is 10.3. The standard InChI is InChI=1S/C32H43FO6/c1-27(2)10-12-32(26(38)39-7)13-11-30(5)23(18(32)15-27)20(35)14-22-29(30,4)9-8-21-28(3,17-34)25(37)24(36)19(16-33)31(21,22)6/h14,16,18,21,23,34H,8-13,15,17H2,1-7H3. The smallest absolute Gasteiger partial charge is 0.312 e. The Kier molecular flexibility index (Phi) is 6.14. The Hall–Kier alpha value is -2.15. The van der Waals surface area contributed by atoms with Gasteiger partial charge in [0.1, 0.15) is 0 Å². The maximum atomic E-state index is 14.6. The average molecular weight is 543 g/mol. The molecule has 7 heteroatoms. The van der Waals surface area contributed by atoms with Gasteiger partial charge in [0, 0.05) is 16.9 Å². The predicted octanol–water partition coefficient (Wildman–Crippen LogP) is 5.32. The second-order valence-electron chi connectivity index (χ2n) is 14.9. The summed E-state index contributed by atoms with van der Waals surface area (Å²) in [6.07, 6.45) is 6.58. The number of ketones is 3. The Morgan fingerprint density at radius 3 is 2.28 bits per heavy atom. The van der Waals surface area contributed by atoms with Crippen LogP contribution in [0.4, 0.5) is 4.39 Å². The van der Waals surface area contributed by atoms with Gasteiger partial charge in [-0.15, -0.1) is 0 Å². The van der Waals surface area contributed by atoms with Crippen LogP contribution in [0, 0.1) is 50.2 Å². The number of halogens is 1. The Morgan fingerprint density at radius 2 is 1.69 bits per heavy atom. The van der Waals surface area contributed by atoms with Crippen molar-refractivity contribution in [2.24, 2.45) is 50.2 Å². The van der Waals surface area contributed by atoms with Crippen LogP contribution >= 0.6 is 0 Å². The number of hydrogen-bond donors (Lipinski definition) is 1. The van der Waals surface area contributed by atoms with Crippen LogP contribution in [0.25, 0.3) is 0 Å². The number of aliphatic hydroxyl groups excluding tert-OH is 1. The Balaban J connectivity index is 1.73. The van der Waals surface area contributed by atoms with Crippen molar-refractivity contribution in [2.45, 2.75) is 86.5 Å². The van der Waals surface area contributed by atoms with Crippen molar-refractivity contribution in [3.63, 3.8) is 0 Å². The normalized spacial score (nSPS) is 47.9. The molecular weight excluding hydrogens is 499 g/mol. The van der Waals surface area contributed by atoms with E-state index in [-0.39, 0.29) is 35.0 Å². The monoisotopic (exact) mass is 542 g/mol. The average Bonchev–Trinajstić information content (AvgIpc) is 2.88. The van der Waals surface area contributed by atoms with Crippen LogP contribution in [0.1, 0.15) is 86.5 Å². The van der Waals surface area contributed by atoms with E-state index in [1.165, 1.54) is 7.11 Å². The van der Waals surface area contributed by atoms with Gasteiger partial charge in [-0.2, -0.15) is 0 Å². The molecule has 0 aliphatic heterocycles. The van der Waals surface area contributed by atoms with Gasteiger partial charge in [-0.05, 0) is 91.6 Å². The summed E-state index contributed by atoms with van der Waals surface area (Å²) in [7, 11) is 1.43. The molecule has 0 radical (unpaired) electrons. The lowest BCUT2D eigenvalue weighted by molar-refractivity contribution is -0.192. The maximum absolute atomic E-state index is 14.6. The first-order valence-corrected chi connectivity index (χ1v) is 14.4.